The molecule has 1 aliphatic rings. The zero-order valence-corrected chi connectivity index (χ0v) is 24.8. The standard InChI is InChI=1S/C27H48N6O7/c1-8-16(4)22(27(40)33-11-9-10-20(33)25(38)29-13-17(5)34)32-26(39)23(18(6)35)31-21(36)14-30-24(37)19(28-7)12-15(2)3/h15-16,18-20,22-23,28,35H,8-14H2,1-7H3,(H,29,38)(H,30,37)(H,31,36)(H,32,39). The van der Waals surface area contributed by atoms with Crippen molar-refractivity contribution < 1.29 is 33.9 Å². The van der Waals surface area contributed by atoms with Crippen LogP contribution in [0, 0.1) is 11.8 Å². The van der Waals surface area contributed by atoms with Gasteiger partial charge in [0.05, 0.1) is 25.2 Å². The Morgan fingerprint density at radius 1 is 0.925 bits per heavy atom. The second-order valence-electron chi connectivity index (χ2n) is 11.0. The highest BCUT2D eigenvalue weighted by atomic mass is 16.3. The number of hydrogen-bond donors (Lipinski definition) is 6. The predicted molar refractivity (Wildman–Crippen MR) is 149 cm³/mol. The molecule has 228 valence electrons. The maximum Gasteiger partial charge on any atom is 0.246 e. The number of aliphatic hydroxyl groups is 1. The van der Waals surface area contributed by atoms with Crippen LogP contribution < -0.4 is 26.6 Å². The Morgan fingerprint density at radius 2 is 1.57 bits per heavy atom. The summed E-state index contributed by atoms with van der Waals surface area (Å²) in [7, 11) is 1.65. The van der Waals surface area contributed by atoms with Gasteiger partial charge in [0, 0.05) is 6.54 Å². The van der Waals surface area contributed by atoms with E-state index in [1.54, 1.807) is 14.0 Å². The van der Waals surface area contributed by atoms with Crippen LogP contribution in [0.15, 0.2) is 0 Å². The van der Waals surface area contributed by atoms with Crippen molar-refractivity contribution in [3.63, 3.8) is 0 Å². The average molecular weight is 569 g/mol. The number of hydrogen-bond acceptors (Lipinski definition) is 8. The molecule has 13 heteroatoms. The summed E-state index contributed by atoms with van der Waals surface area (Å²) in [5.41, 5.74) is 0. The summed E-state index contributed by atoms with van der Waals surface area (Å²) in [6.45, 7) is 10.1. The molecule has 1 aliphatic heterocycles. The van der Waals surface area contributed by atoms with Crippen LogP contribution in [0.3, 0.4) is 0 Å². The highest BCUT2D eigenvalue weighted by molar-refractivity contribution is 5.96. The fourth-order valence-corrected chi connectivity index (χ4v) is 4.48. The molecular formula is C27H48N6O7. The smallest absolute Gasteiger partial charge is 0.246 e. The number of amides is 5. The van der Waals surface area contributed by atoms with E-state index in [-0.39, 0.29) is 30.1 Å². The minimum absolute atomic E-state index is 0.132. The number of aliphatic hydroxyl groups excluding tert-OH is 1. The molecule has 6 N–H and O–H groups in total. The lowest BCUT2D eigenvalue weighted by Gasteiger charge is -2.32. The molecule has 6 unspecified atom stereocenters. The van der Waals surface area contributed by atoms with Gasteiger partial charge in [0.1, 0.15) is 23.9 Å². The third kappa shape index (κ3) is 10.8. The number of Topliss-reactive ketones (excluding diaryl/α,β-unsaturated/α-hetero) is 1. The van der Waals surface area contributed by atoms with Crippen LogP contribution in [0.2, 0.25) is 0 Å². The van der Waals surface area contributed by atoms with Gasteiger partial charge in [-0.3, -0.25) is 28.8 Å². The van der Waals surface area contributed by atoms with E-state index in [9.17, 15) is 33.9 Å². The Kier molecular flexibility index (Phi) is 14.8. The minimum atomic E-state index is -1.38. The molecule has 40 heavy (non-hydrogen) atoms. The molecule has 6 atom stereocenters. The molecular weight excluding hydrogens is 520 g/mol. The van der Waals surface area contributed by atoms with Gasteiger partial charge in [-0.25, -0.2) is 0 Å². The summed E-state index contributed by atoms with van der Waals surface area (Å²) in [5.74, 6) is -2.96. The number of carbonyl (C=O) groups excluding carboxylic acids is 6. The Hall–Kier alpha value is -3.06. The van der Waals surface area contributed by atoms with Crippen LogP contribution in [0.25, 0.3) is 0 Å². The Bertz CT molecular complexity index is 910. The van der Waals surface area contributed by atoms with E-state index in [0.29, 0.717) is 32.2 Å². The van der Waals surface area contributed by atoms with Crippen molar-refractivity contribution in [1.82, 2.24) is 31.5 Å². The van der Waals surface area contributed by atoms with Gasteiger partial charge >= 0.3 is 0 Å². The van der Waals surface area contributed by atoms with E-state index < -0.39 is 60.4 Å². The summed E-state index contributed by atoms with van der Waals surface area (Å²) < 4.78 is 0. The molecule has 0 spiro atoms. The van der Waals surface area contributed by atoms with Crippen molar-refractivity contribution in [3.8, 4) is 0 Å². The van der Waals surface area contributed by atoms with E-state index >= 15 is 0 Å². The zero-order chi connectivity index (χ0) is 30.6. The molecule has 1 heterocycles. The van der Waals surface area contributed by atoms with Crippen LogP contribution in [0.1, 0.15) is 67.2 Å². The maximum atomic E-state index is 13.6. The lowest BCUT2D eigenvalue weighted by Crippen LogP contribution is -2.61. The van der Waals surface area contributed by atoms with Crippen molar-refractivity contribution in [2.45, 2.75) is 97.5 Å². The van der Waals surface area contributed by atoms with E-state index in [0.717, 1.165) is 0 Å². The fraction of sp³-hybridized carbons (Fsp3) is 0.778. The summed E-state index contributed by atoms with van der Waals surface area (Å²) >= 11 is 0. The third-order valence-electron chi connectivity index (χ3n) is 7.00. The maximum absolute atomic E-state index is 13.6. The molecule has 0 saturated carbocycles. The van der Waals surface area contributed by atoms with Gasteiger partial charge < -0.3 is 36.6 Å². The summed E-state index contributed by atoms with van der Waals surface area (Å²) in [6.07, 6.45) is 0.834. The minimum Gasteiger partial charge on any atom is -0.391 e. The van der Waals surface area contributed by atoms with Crippen molar-refractivity contribution in [1.29, 1.82) is 0 Å². The molecule has 13 nitrogen and oxygen atoms in total. The number of carbonyl (C=O) groups is 6. The Morgan fingerprint density at radius 3 is 2.10 bits per heavy atom. The van der Waals surface area contributed by atoms with Crippen LogP contribution in [-0.4, -0.2) is 102 Å². The van der Waals surface area contributed by atoms with Gasteiger partial charge in [0.2, 0.25) is 29.5 Å². The quantitative estimate of drug-likeness (QED) is 0.134. The highest BCUT2D eigenvalue weighted by Crippen LogP contribution is 2.21. The summed E-state index contributed by atoms with van der Waals surface area (Å²) in [4.78, 5) is 77.0. The molecule has 1 rings (SSSR count). The first kappa shape index (κ1) is 35.0. The number of likely N-dealkylation sites (tertiary alicyclic amines) is 1. The summed E-state index contributed by atoms with van der Waals surface area (Å²) in [5, 5.41) is 23.3. The number of likely N-dealkylation sites (N-methyl/N-ethyl adjacent to an activating group) is 1. The topological polar surface area (TPSA) is 186 Å². The average Bonchev–Trinajstić information content (AvgIpc) is 3.39. The molecule has 5 amide bonds. The third-order valence-corrected chi connectivity index (χ3v) is 7.00. The second kappa shape index (κ2) is 16.9. The van der Waals surface area contributed by atoms with Gasteiger partial charge in [-0.2, -0.15) is 0 Å². The molecule has 1 saturated heterocycles. The van der Waals surface area contributed by atoms with Gasteiger partial charge in [-0.15, -0.1) is 0 Å². The van der Waals surface area contributed by atoms with Gasteiger partial charge in [0.15, 0.2) is 0 Å². The molecule has 0 bridgehead atoms. The van der Waals surface area contributed by atoms with Crippen LogP contribution in [0.5, 0.6) is 0 Å². The molecule has 0 aromatic rings. The van der Waals surface area contributed by atoms with Crippen LogP contribution >= 0.6 is 0 Å². The van der Waals surface area contributed by atoms with E-state index in [2.05, 4.69) is 26.6 Å². The van der Waals surface area contributed by atoms with Crippen molar-refractivity contribution in [2.75, 3.05) is 26.7 Å². The monoisotopic (exact) mass is 568 g/mol. The lowest BCUT2D eigenvalue weighted by atomic mass is 9.96. The van der Waals surface area contributed by atoms with Crippen molar-refractivity contribution in [2.24, 2.45) is 11.8 Å². The first-order valence-corrected chi connectivity index (χ1v) is 14.0. The molecule has 1 fully saturated rings. The number of ketones is 1. The molecule has 0 radical (unpaired) electrons. The molecule has 0 aliphatic carbocycles. The molecule has 0 aromatic carbocycles. The number of nitrogens with one attached hydrogen (secondary N) is 5. The van der Waals surface area contributed by atoms with Crippen LogP contribution in [-0.2, 0) is 28.8 Å². The van der Waals surface area contributed by atoms with Gasteiger partial charge in [0.25, 0.3) is 0 Å². The van der Waals surface area contributed by atoms with Crippen molar-refractivity contribution >= 4 is 35.3 Å². The predicted octanol–water partition coefficient (Wildman–Crippen LogP) is -1.17. The lowest BCUT2D eigenvalue weighted by molar-refractivity contribution is -0.143. The second-order valence-corrected chi connectivity index (χ2v) is 11.0. The fourth-order valence-electron chi connectivity index (χ4n) is 4.48. The Balaban J connectivity index is 2.92. The number of rotatable bonds is 16. The van der Waals surface area contributed by atoms with E-state index in [1.807, 2.05) is 20.8 Å². The first-order valence-electron chi connectivity index (χ1n) is 14.0. The first-order chi connectivity index (χ1) is 18.7. The SMILES string of the molecule is CCC(C)C(NC(=O)C(NC(=O)CNC(=O)C(CC(C)C)NC)C(C)O)C(=O)N1CCCC1C(=O)NCC(C)=O. The van der Waals surface area contributed by atoms with Gasteiger partial charge in [-0.1, -0.05) is 34.1 Å². The van der Waals surface area contributed by atoms with Crippen molar-refractivity contribution in [3.05, 3.63) is 0 Å². The molecule has 0 aromatic heterocycles. The largest absolute Gasteiger partial charge is 0.391 e. The highest BCUT2D eigenvalue weighted by Gasteiger charge is 2.40. The normalized spacial score (nSPS) is 18.7. The van der Waals surface area contributed by atoms with Gasteiger partial charge in [-0.05, 0) is 52.0 Å². The number of nitrogens with zero attached hydrogens (tertiary/aromatic N) is 1. The van der Waals surface area contributed by atoms with E-state index in [4.69, 9.17) is 0 Å². The van der Waals surface area contributed by atoms with Crippen LogP contribution in [0.4, 0.5) is 0 Å². The summed E-state index contributed by atoms with van der Waals surface area (Å²) in [6, 6.07) is -3.63. The zero-order valence-electron chi connectivity index (χ0n) is 24.8. The van der Waals surface area contributed by atoms with E-state index in [1.165, 1.54) is 18.7 Å². The Labute approximate surface area is 236 Å².